The summed E-state index contributed by atoms with van der Waals surface area (Å²) in [4.78, 5) is 11.8. The van der Waals surface area contributed by atoms with E-state index in [-0.39, 0.29) is 5.78 Å². The van der Waals surface area contributed by atoms with Crippen molar-refractivity contribution in [2.45, 2.75) is 13.8 Å². The van der Waals surface area contributed by atoms with Gasteiger partial charge in [0.15, 0.2) is 5.78 Å². The lowest BCUT2D eigenvalue weighted by molar-refractivity contribution is 0.104. The third-order valence-corrected chi connectivity index (χ3v) is 2.05. The van der Waals surface area contributed by atoms with Crippen LogP contribution >= 0.6 is 0 Å². The Kier molecular flexibility index (Phi) is 4.52. The highest BCUT2D eigenvalue weighted by Crippen LogP contribution is 2.18. The Morgan fingerprint density at radius 3 is 2.56 bits per heavy atom. The van der Waals surface area contributed by atoms with Gasteiger partial charge in [0.25, 0.3) is 0 Å². The van der Waals surface area contributed by atoms with Crippen molar-refractivity contribution in [1.29, 1.82) is 0 Å². The number of hydrogen-bond donors (Lipinski definition) is 0. The van der Waals surface area contributed by atoms with Gasteiger partial charge in [-0.2, -0.15) is 0 Å². The molecule has 0 saturated heterocycles. The minimum atomic E-state index is -0.0463. The molecule has 0 heterocycles. The zero-order valence-electron chi connectivity index (χ0n) is 9.86. The summed E-state index contributed by atoms with van der Waals surface area (Å²) in [5, 5.41) is 0. The van der Waals surface area contributed by atoms with Crippen LogP contribution < -0.4 is 4.74 Å². The summed E-state index contributed by atoms with van der Waals surface area (Å²) in [5.74, 6) is 0.560. The molecule has 0 aliphatic carbocycles. The van der Waals surface area contributed by atoms with Crippen molar-refractivity contribution in [3.63, 3.8) is 0 Å². The topological polar surface area (TPSA) is 26.3 Å². The lowest BCUT2D eigenvalue weighted by atomic mass is 10.1. The number of rotatable bonds is 4. The second-order valence-electron chi connectivity index (χ2n) is 3.67. The van der Waals surface area contributed by atoms with E-state index in [9.17, 15) is 4.79 Å². The van der Waals surface area contributed by atoms with Crippen LogP contribution in [0, 0.1) is 0 Å². The fourth-order valence-corrected chi connectivity index (χ4v) is 1.27. The number of carbonyl (C=O) groups is 1. The van der Waals surface area contributed by atoms with Crippen LogP contribution in [0.25, 0.3) is 0 Å². The fourth-order valence-electron chi connectivity index (χ4n) is 1.27. The highest BCUT2D eigenvalue weighted by molar-refractivity contribution is 6.06. The van der Waals surface area contributed by atoms with Gasteiger partial charge in [-0.05, 0) is 32.1 Å². The van der Waals surface area contributed by atoms with E-state index in [4.69, 9.17) is 4.74 Å². The summed E-state index contributed by atoms with van der Waals surface area (Å²) in [7, 11) is 1.56. The quantitative estimate of drug-likeness (QED) is 0.438. The molecule has 2 heteroatoms. The predicted molar refractivity (Wildman–Crippen MR) is 65.9 cm³/mol. The van der Waals surface area contributed by atoms with Crippen molar-refractivity contribution < 1.29 is 9.53 Å². The van der Waals surface area contributed by atoms with Gasteiger partial charge in [0.2, 0.25) is 0 Å². The molecule has 0 radical (unpaired) electrons. The highest BCUT2D eigenvalue weighted by Gasteiger charge is 2.07. The van der Waals surface area contributed by atoms with Crippen molar-refractivity contribution in [3.05, 3.63) is 53.6 Å². The molecular formula is C14H16O2. The molecule has 0 N–H and O–H groups in total. The average molecular weight is 216 g/mol. The van der Waals surface area contributed by atoms with Crippen molar-refractivity contribution in [3.8, 4) is 5.75 Å². The summed E-state index contributed by atoms with van der Waals surface area (Å²) in [5.41, 5.74) is 1.74. The van der Waals surface area contributed by atoms with Crippen molar-refractivity contribution in [2.75, 3.05) is 7.11 Å². The minimum absolute atomic E-state index is 0.0463. The highest BCUT2D eigenvalue weighted by atomic mass is 16.5. The van der Waals surface area contributed by atoms with Crippen molar-refractivity contribution in [2.24, 2.45) is 0 Å². The van der Waals surface area contributed by atoms with E-state index < -0.39 is 0 Å². The molecule has 1 aromatic rings. The van der Waals surface area contributed by atoms with E-state index in [0.29, 0.717) is 11.3 Å². The maximum Gasteiger partial charge on any atom is 0.189 e. The van der Waals surface area contributed by atoms with Crippen molar-refractivity contribution in [1.82, 2.24) is 0 Å². The van der Waals surface area contributed by atoms with E-state index in [1.54, 1.807) is 31.4 Å². The van der Waals surface area contributed by atoms with Crippen LogP contribution in [0.2, 0.25) is 0 Å². The summed E-state index contributed by atoms with van der Waals surface area (Å²) in [6.45, 7) is 3.97. The molecule has 0 aliphatic rings. The molecule has 16 heavy (non-hydrogen) atoms. The molecule has 0 aliphatic heterocycles. The van der Waals surface area contributed by atoms with Crippen LogP contribution in [-0.2, 0) is 0 Å². The van der Waals surface area contributed by atoms with Gasteiger partial charge in [-0.15, -0.1) is 0 Å². The normalized spacial score (nSPS) is 10.2. The number of allylic oxidation sites excluding steroid dienone is 4. The maximum atomic E-state index is 11.8. The number of carbonyl (C=O) groups excluding carboxylic acids is 1. The first-order valence-electron chi connectivity index (χ1n) is 5.14. The standard InChI is InChI=1S/C14H16O2/c1-11(2)7-6-9-13(15)12-8-4-5-10-14(12)16-3/h4-10H,1-3H3. The largest absolute Gasteiger partial charge is 0.496 e. The molecule has 2 nitrogen and oxygen atoms in total. The van der Waals surface area contributed by atoms with Gasteiger partial charge in [-0.1, -0.05) is 29.9 Å². The third-order valence-electron chi connectivity index (χ3n) is 2.05. The van der Waals surface area contributed by atoms with Crippen LogP contribution in [0.15, 0.2) is 48.1 Å². The zero-order chi connectivity index (χ0) is 12.0. The number of ether oxygens (including phenoxy) is 1. The van der Waals surface area contributed by atoms with E-state index in [1.165, 1.54) is 0 Å². The van der Waals surface area contributed by atoms with E-state index >= 15 is 0 Å². The van der Waals surface area contributed by atoms with Crippen LogP contribution in [0.3, 0.4) is 0 Å². The molecule has 84 valence electrons. The van der Waals surface area contributed by atoms with Gasteiger partial charge in [-0.3, -0.25) is 4.79 Å². The third kappa shape index (κ3) is 3.39. The molecule has 0 unspecified atom stereocenters. The maximum absolute atomic E-state index is 11.8. The Morgan fingerprint density at radius 2 is 1.94 bits per heavy atom. The first-order chi connectivity index (χ1) is 7.65. The first kappa shape index (κ1) is 12.2. The fraction of sp³-hybridized carbons (Fsp3) is 0.214. The molecule has 0 saturated carbocycles. The van der Waals surface area contributed by atoms with E-state index in [2.05, 4.69) is 0 Å². The Bertz CT molecular complexity index is 424. The SMILES string of the molecule is COc1ccccc1C(=O)C=CC=C(C)C. The number of hydrogen-bond acceptors (Lipinski definition) is 2. The first-order valence-corrected chi connectivity index (χ1v) is 5.14. The van der Waals surface area contributed by atoms with Gasteiger partial charge in [-0.25, -0.2) is 0 Å². The Hall–Kier alpha value is -1.83. The number of para-hydroxylation sites is 1. The van der Waals surface area contributed by atoms with E-state index in [0.717, 1.165) is 5.57 Å². The predicted octanol–water partition coefficient (Wildman–Crippen LogP) is 3.40. The molecule has 0 aromatic heterocycles. The molecule has 0 spiro atoms. The van der Waals surface area contributed by atoms with Gasteiger partial charge < -0.3 is 4.74 Å². The summed E-state index contributed by atoms with van der Waals surface area (Å²) < 4.78 is 5.12. The number of benzene rings is 1. The van der Waals surface area contributed by atoms with Gasteiger partial charge in [0.1, 0.15) is 5.75 Å². The summed E-state index contributed by atoms with van der Waals surface area (Å²) in [6.07, 6.45) is 5.20. The van der Waals surface area contributed by atoms with Gasteiger partial charge in [0.05, 0.1) is 12.7 Å². The molecule has 0 atom stereocenters. The van der Waals surface area contributed by atoms with Crippen LogP contribution in [-0.4, -0.2) is 12.9 Å². The van der Waals surface area contributed by atoms with Gasteiger partial charge >= 0.3 is 0 Å². The lowest BCUT2D eigenvalue weighted by Gasteiger charge is -2.03. The Balaban J connectivity index is 2.88. The Morgan fingerprint density at radius 1 is 1.25 bits per heavy atom. The lowest BCUT2D eigenvalue weighted by Crippen LogP contribution is -1.98. The zero-order valence-corrected chi connectivity index (χ0v) is 9.86. The monoisotopic (exact) mass is 216 g/mol. The molecular weight excluding hydrogens is 200 g/mol. The van der Waals surface area contributed by atoms with Gasteiger partial charge in [0, 0.05) is 0 Å². The average Bonchev–Trinajstić information content (AvgIpc) is 2.28. The second kappa shape index (κ2) is 5.91. The molecule has 1 aromatic carbocycles. The smallest absolute Gasteiger partial charge is 0.189 e. The molecule has 0 amide bonds. The number of ketones is 1. The van der Waals surface area contributed by atoms with Crippen molar-refractivity contribution >= 4 is 5.78 Å². The summed E-state index contributed by atoms with van der Waals surface area (Å²) in [6, 6.07) is 7.20. The van der Waals surface area contributed by atoms with Crippen LogP contribution in [0.4, 0.5) is 0 Å². The number of methoxy groups -OCH3 is 1. The van der Waals surface area contributed by atoms with Crippen LogP contribution in [0.5, 0.6) is 5.75 Å². The molecule has 0 fully saturated rings. The Labute approximate surface area is 96.2 Å². The van der Waals surface area contributed by atoms with Crippen LogP contribution in [0.1, 0.15) is 24.2 Å². The molecule has 0 bridgehead atoms. The minimum Gasteiger partial charge on any atom is -0.496 e. The molecule has 1 rings (SSSR count). The second-order valence-corrected chi connectivity index (χ2v) is 3.67. The summed E-state index contributed by atoms with van der Waals surface area (Å²) >= 11 is 0. The van der Waals surface area contributed by atoms with E-state index in [1.807, 2.05) is 32.1 Å².